The van der Waals surface area contributed by atoms with Crippen molar-refractivity contribution < 1.29 is 18.4 Å². The Morgan fingerprint density at radius 1 is 1.21 bits per heavy atom. The van der Waals surface area contributed by atoms with Crippen molar-refractivity contribution in [3.05, 3.63) is 47.5 Å². The zero-order chi connectivity index (χ0) is 23.4. The van der Waals surface area contributed by atoms with Crippen molar-refractivity contribution in [2.45, 2.75) is 6.42 Å². The summed E-state index contributed by atoms with van der Waals surface area (Å²) in [6, 6.07) is 8.00. The molecule has 176 valence electrons. The summed E-state index contributed by atoms with van der Waals surface area (Å²) in [7, 11) is -2.62. The van der Waals surface area contributed by atoms with E-state index in [9.17, 15) is 8.96 Å². The van der Waals surface area contributed by atoms with Gasteiger partial charge in [0.2, 0.25) is 0 Å². The van der Waals surface area contributed by atoms with Gasteiger partial charge < -0.3 is 19.4 Å². The lowest BCUT2D eigenvalue weighted by Crippen LogP contribution is -2.37. The van der Waals surface area contributed by atoms with Crippen molar-refractivity contribution in [2.24, 2.45) is 0 Å². The quantitative estimate of drug-likeness (QED) is 0.366. The van der Waals surface area contributed by atoms with Crippen molar-refractivity contribution in [3.8, 4) is 5.75 Å². The standard InChI is InChI=1S/C23H27ClFN4O3P/c1-33(2,30)22-14-20-17(13-21(22)32-9-3-6-29-7-10-31-11-8-29)23(27-15-26-20)28-16-4-5-19(25)18(24)12-16/h4-5,12-15H,3,6-11H2,1-2H3,(H,26,27,28). The van der Waals surface area contributed by atoms with Crippen LogP contribution >= 0.6 is 18.7 Å². The molecular formula is C23H27ClFN4O3P. The Bertz CT molecular complexity index is 1180. The minimum atomic E-state index is -2.62. The van der Waals surface area contributed by atoms with E-state index >= 15 is 0 Å². The summed E-state index contributed by atoms with van der Waals surface area (Å²) in [5, 5.41) is 4.54. The molecule has 10 heteroatoms. The number of hydrogen-bond donors (Lipinski definition) is 1. The SMILES string of the molecule is CP(C)(=O)c1cc2ncnc(Nc3ccc(F)c(Cl)c3)c2cc1OCCCN1CCOCC1. The Morgan fingerprint density at radius 3 is 2.73 bits per heavy atom. The van der Waals surface area contributed by atoms with Crippen LogP contribution in [0.3, 0.4) is 0 Å². The highest BCUT2D eigenvalue weighted by Gasteiger charge is 2.20. The largest absolute Gasteiger partial charge is 0.493 e. The number of nitrogens with zero attached hydrogens (tertiary/aromatic N) is 3. The number of halogens is 2. The van der Waals surface area contributed by atoms with Gasteiger partial charge in [-0.05, 0) is 50.1 Å². The molecule has 0 radical (unpaired) electrons. The van der Waals surface area contributed by atoms with Crippen LogP contribution in [0.4, 0.5) is 15.9 Å². The molecule has 1 fully saturated rings. The Morgan fingerprint density at radius 2 is 2.00 bits per heavy atom. The summed E-state index contributed by atoms with van der Waals surface area (Å²) in [5.74, 6) is 0.594. The highest BCUT2D eigenvalue weighted by atomic mass is 35.5. The Kier molecular flexibility index (Phi) is 7.49. The van der Waals surface area contributed by atoms with Crippen molar-refractivity contribution in [1.82, 2.24) is 14.9 Å². The molecule has 7 nitrogen and oxygen atoms in total. The molecule has 1 aromatic heterocycles. The minimum Gasteiger partial charge on any atom is -0.493 e. The van der Waals surface area contributed by atoms with E-state index in [0.29, 0.717) is 40.1 Å². The van der Waals surface area contributed by atoms with Crippen LogP contribution in [0.15, 0.2) is 36.7 Å². The number of benzene rings is 2. The van der Waals surface area contributed by atoms with E-state index in [1.54, 1.807) is 25.5 Å². The molecule has 0 amide bonds. The van der Waals surface area contributed by atoms with E-state index in [1.165, 1.54) is 18.5 Å². The van der Waals surface area contributed by atoms with Crippen LogP contribution in [0, 0.1) is 5.82 Å². The smallest absolute Gasteiger partial charge is 0.141 e. The molecule has 33 heavy (non-hydrogen) atoms. The number of morpholine rings is 1. The normalized spacial score (nSPS) is 15.0. The first-order valence-corrected chi connectivity index (χ1v) is 13.8. The summed E-state index contributed by atoms with van der Waals surface area (Å²) < 4.78 is 38.0. The van der Waals surface area contributed by atoms with Crippen molar-refractivity contribution in [1.29, 1.82) is 0 Å². The van der Waals surface area contributed by atoms with Gasteiger partial charge in [-0.3, -0.25) is 4.90 Å². The van der Waals surface area contributed by atoms with Crippen LogP contribution in [0.5, 0.6) is 5.75 Å². The lowest BCUT2D eigenvalue weighted by atomic mass is 10.2. The fourth-order valence-corrected chi connectivity index (χ4v) is 4.99. The molecule has 0 bridgehead atoms. The average Bonchev–Trinajstić information content (AvgIpc) is 2.79. The van der Waals surface area contributed by atoms with Crippen molar-refractivity contribution >= 4 is 46.5 Å². The summed E-state index contributed by atoms with van der Waals surface area (Å²) in [4.78, 5) is 11.0. The van der Waals surface area contributed by atoms with Crippen LogP contribution in [0.1, 0.15) is 6.42 Å². The Labute approximate surface area is 197 Å². The molecule has 4 rings (SSSR count). The second-order valence-electron chi connectivity index (χ2n) is 8.32. The van der Waals surface area contributed by atoms with Gasteiger partial charge in [-0.25, -0.2) is 14.4 Å². The summed E-state index contributed by atoms with van der Waals surface area (Å²) in [5.41, 5.74) is 1.23. The van der Waals surface area contributed by atoms with Gasteiger partial charge in [-0.2, -0.15) is 0 Å². The molecule has 0 unspecified atom stereocenters. The first-order valence-electron chi connectivity index (χ1n) is 10.8. The third kappa shape index (κ3) is 6.01. The van der Waals surface area contributed by atoms with E-state index in [1.807, 2.05) is 6.07 Å². The average molecular weight is 493 g/mol. The van der Waals surface area contributed by atoms with E-state index in [0.717, 1.165) is 39.3 Å². The van der Waals surface area contributed by atoms with Crippen LogP contribution in [0.25, 0.3) is 10.9 Å². The summed E-state index contributed by atoms with van der Waals surface area (Å²) in [6.07, 6.45) is 2.28. The van der Waals surface area contributed by atoms with Crippen LogP contribution in [-0.4, -0.2) is 67.7 Å². The second kappa shape index (κ2) is 10.3. The first kappa shape index (κ1) is 23.9. The van der Waals surface area contributed by atoms with Gasteiger partial charge in [0.1, 0.15) is 30.9 Å². The Balaban J connectivity index is 1.59. The number of aromatic nitrogens is 2. The first-order chi connectivity index (χ1) is 15.8. The number of rotatable bonds is 8. The lowest BCUT2D eigenvalue weighted by molar-refractivity contribution is 0.0358. The highest BCUT2D eigenvalue weighted by Crippen LogP contribution is 2.41. The Hall–Kier alpha value is -2.25. The molecular weight excluding hydrogens is 466 g/mol. The summed E-state index contributed by atoms with van der Waals surface area (Å²) in [6.45, 7) is 8.24. The van der Waals surface area contributed by atoms with E-state index < -0.39 is 13.0 Å². The molecule has 0 saturated carbocycles. The lowest BCUT2D eigenvalue weighted by Gasteiger charge is -2.26. The van der Waals surface area contributed by atoms with Gasteiger partial charge in [0.05, 0.1) is 35.7 Å². The van der Waals surface area contributed by atoms with Gasteiger partial charge in [0.15, 0.2) is 0 Å². The summed E-state index contributed by atoms with van der Waals surface area (Å²) >= 11 is 5.91. The third-order valence-electron chi connectivity index (χ3n) is 5.46. The highest BCUT2D eigenvalue weighted by molar-refractivity contribution is 7.70. The number of nitrogens with one attached hydrogen (secondary N) is 1. The fourth-order valence-electron chi connectivity index (χ4n) is 3.71. The predicted octanol–water partition coefficient (Wildman–Crippen LogP) is 4.52. The van der Waals surface area contributed by atoms with E-state index in [-0.39, 0.29) is 5.02 Å². The molecule has 2 heterocycles. The maximum Gasteiger partial charge on any atom is 0.141 e. The van der Waals surface area contributed by atoms with Gasteiger partial charge >= 0.3 is 0 Å². The number of ether oxygens (including phenoxy) is 2. The van der Waals surface area contributed by atoms with E-state index in [2.05, 4.69) is 20.2 Å². The molecule has 0 atom stereocenters. The molecule has 1 aliphatic rings. The zero-order valence-corrected chi connectivity index (χ0v) is 20.3. The van der Waals surface area contributed by atoms with Gasteiger partial charge in [0, 0.05) is 30.7 Å². The number of anilines is 2. The maximum absolute atomic E-state index is 13.5. The van der Waals surface area contributed by atoms with Crippen LogP contribution < -0.4 is 15.4 Å². The van der Waals surface area contributed by atoms with Crippen molar-refractivity contribution in [2.75, 3.05) is 58.1 Å². The number of fused-ring (bicyclic) bond motifs is 1. The molecule has 1 N–H and O–H groups in total. The number of hydrogen-bond acceptors (Lipinski definition) is 7. The van der Waals surface area contributed by atoms with Crippen LogP contribution in [0.2, 0.25) is 5.02 Å². The minimum absolute atomic E-state index is 0.0165. The monoisotopic (exact) mass is 492 g/mol. The topological polar surface area (TPSA) is 76.6 Å². The van der Waals surface area contributed by atoms with Crippen molar-refractivity contribution in [3.63, 3.8) is 0 Å². The maximum atomic E-state index is 13.5. The van der Waals surface area contributed by atoms with Gasteiger partial charge in [0.25, 0.3) is 0 Å². The zero-order valence-electron chi connectivity index (χ0n) is 18.7. The molecule has 1 aliphatic heterocycles. The molecule has 0 spiro atoms. The second-order valence-corrected chi connectivity index (χ2v) is 11.9. The third-order valence-corrected chi connectivity index (χ3v) is 7.26. The fraction of sp³-hybridized carbons (Fsp3) is 0.391. The van der Waals surface area contributed by atoms with Crippen LogP contribution in [-0.2, 0) is 9.30 Å². The van der Waals surface area contributed by atoms with Gasteiger partial charge in [-0.15, -0.1) is 0 Å². The molecule has 1 saturated heterocycles. The van der Waals surface area contributed by atoms with Gasteiger partial charge in [-0.1, -0.05) is 11.6 Å². The molecule has 3 aromatic rings. The molecule has 2 aromatic carbocycles. The predicted molar refractivity (Wildman–Crippen MR) is 131 cm³/mol. The molecule has 0 aliphatic carbocycles. The van der Waals surface area contributed by atoms with E-state index in [4.69, 9.17) is 21.1 Å².